The lowest BCUT2D eigenvalue weighted by Gasteiger charge is -2.19. The van der Waals surface area contributed by atoms with Crippen molar-refractivity contribution in [3.05, 3.63) is 35.4 Å². The number of anilines is 1. The van der Waals surface area contributed by atoms with E-state index in [1.165, 1.54) is 23.8 Å². The average Bonchev–Trinajstić information content (AvgIpc) is 2.45. The summed E-state index contributed by atoms with van der Waals surface area (Å²) in [6.07, 6.45) is 7.94. The fourth-order valence-corrected chi connectivity index (χ4v) is 2.41. The van der Waals surface area contributed by atoms with Crippen molar-refractivity contribution in [1.82, 2.24) is 0 Å². The molecule has 0 aliphatic heterocycles. The number of nitrogens with one attached hydrogen (secondary N) is 2. The van der Waals surface area contributed by atoms with Crippen LogP contribution in [-0.4, -0.2) is 19.0 Å². The maximum Gasteiger partial charge on any atom is 0.139 e. The molecule has 0 spiro atoms. The third-order valence-corrected chi connectivity index (χ3v) is 3.63. The van der Waals surface area contributed by atoms with Gasteiger partial charge in [-0.1, -0.05) is 25.1 Å². The van der Waals surface area contributed by atoms with Crippen LogP contribution < -0.4 is 5.32 Å². The van der Waals surface area contributed by atoms with Crippen molar-refractivity contribution in [3.63, 3.8) is 0 Å². The van der Waals surface area contributed by atoms with Gasteiger partial charge in [0.2, 0.25) is 0 Å². The summed E-state index contributed by atoms with van der Waals surface area (Å²) in [7, 11) is 0. The summed E-state index contributed by atoms with van der Waals surface area (Å²) in [6, 6.07) is 6.05. The van der Waals surface area contributed by atoms with Crippen LogP contribution in [0.2, 0.25) is 0 Å². The van der Waals surface area contributed by atoms with Crippen LogP contribution >= 0.6 is 0 Å². The molecule has 0 radical (unpaired) electrons. The molecule has 0 saturated carbocycles. The summed E-state index contributed by atoms with van der Waals surface area (Å²) < 4.78 is 0. The number of hydrogen-bond donors (Lipinski definition) is 2. The number of rotatable bonds is 5. The first-order valence-corrected chi connectivity index (χ1v) is 6.76. The Hall–Kier alpha value is -1.90. The van der Waals surface area contributed by atoms with Crippen molar-refractivity contribution >= 4 is 23.8 Å². The van der Waals surface area contributed by atoms with Crippen LogP contribution in [0.5, 0.6) is 0 Å². The highest BCUT2D eigenvalue weighted by Gasteiger charge is 2.12. The minimum atomic E-state index is 0.278. The lowest BCUT2D eigenvalue weighted by Crippen LogP contribution is -2.06. The molecule has 2 rings (SSSR count). The van der Waals surface area contributed by atoms with Crippen LogP contribution in [-0.2, 0) is 4.79 Å². The molecule has 3 nitrogen and oxygen atoms in total. The van der Waals surface area contributed by atoms with Crippen LogP contribution in [0.1, 0.15) is 37.3 Å². The molecule has 0 heterocycles. The maximum atomic E-state index is 10.5. The van der Waals surface area contributed by atoms with Gasteiger partial charge in [-0.15, -0.1) is 0 Å². The SMILES string of the molecule is CC1CC=C(c2ccc(C=N)c(NCC=O)c2)CC1. The lowest BCUT2D eigenvalue weighted by atomic mass is 9.87. The number of hydrogen-bond acceptors (Lipinski definition) is 3. The predicted molar refractivity (Wildman–Crippen MR) is 79.9 cm³/mol. The number of benzene rings is 1. The Morgan fingerprint density at radius 3 is 2.95 bits per heavy atom. The molecule has 100 valence electrons. The summed E-state index contributed by atoms with van der Waals surface area (Å²) in [5.41, 5.74) is 4.25. The summed E-state index contributed by atoms with van der Waals surface area (Å²) in [4.78, 5) is 10.5. The van der Waals surface area contributed by atoms with E-state index in [9.17, 15) is 4.79 Å². The lowest BCUT2D eigenvalue weighted by molar-refractivity contribution is -0.106. The van der Waals surface area contributed by atoms with E-state index in [-0.39, 0.29) is 6.54 Å². The Bertz CT molecular complexity index is 505. The first kappa shape index (κ1) is 13.5. The molecular formula is C16H20N2O. The molecule has 0 amide bonds. The highest BCUT2D eigenvalue weighted by molar-refractivity contribution is 5.88. The van der Waals surface area contributed by atoms with Crippen molar-refractivity contribution in [2.24, 2.45) is 5.92 Å². The van der Waals surface area contributed by atoms with E-state index in [0.29, 0.717) is 0 Å². The fourth-order valence-electron chi connectivity index (χ4n) is 2.41. The normalized spacial score (nSPS) is 18.6. The molecule has 0 aromatic heterocycles. The van der Waals surface area contributed by atoms with Gasteiger partial charge < -0.3 is 15.5 Å². The number of carbonyl (C=O) groups excluding carboxylic acids is 1. The van der Waals surface area contributed by atoms with E-state index in [4.69, 9.17) is 5.41 Å². The standard InChI is InChI=1S/C16H20N2O/c1-12-2-4-13(5-3-12)14-6-7-15(11-17)16(10-14)18-8-9-19/h4,6-7,9-12,17-18H,2-3,5,8H2,1H3. The molecule has 1 aliphatic rings. The Morgan fingerprint density at radius 1 is 1.47 bits per heavy atom. The zero-order valence-corrected chi connectivity index (χ0v) is 11.3. The van der Waals surface area contributed by atoms with Crippen molar-refractivity contribution < 1.29 is 4.79 Å². The topological polar surface area (TPSA) is 53.0 Å². The van der Waals surface area contributed by atoms with E-state index in [2.05, 4.69) is 24.4 Å². The molecule has 1 aromatic rings. The molecule has 1 aromatic carbocycles. The van der Waals surface area contributed by atoms with Gasteiger partial charge >= 0.3 is 0 Å². The van der Waals surface area contributed by atoms with Crippen LogP contribution in [0.15, 0.2) is 24.3 Å². The van der Waals surface area contributed by atoms with Crippen LogP contribution in [0.25, 0.3) is 5.57 Å². The zero-order valence-electron chi connectivity index (χ0n) is 11.3. The van der Waals surface area contributed by atoms with Gasteiger partial charge in [0.15, 0.2) is 0 Å². The van der Waals surface area contributed by atoms with Gasteiger partial charge in [0.25, 0.3) is 0 Å². The summed E-state index contributed by atoms with van der Waals surface area (Å²) in [5.74, 6) is 0.775. The predicted octanol–water partition coefficient (Wildman–Crippen LogP) is 3.50. The molecule has 3 heteroatoms. The second-order valence-corrected chi connectivity index (χ2v) is 5.10. The molecule has 0 saturated heterocycles. The molecule has 0 bridgehead atoms. The summed E-state index contributed by atoms with van der Waals surface area (Å²) in [6.45, 7) is 2.56. The highest BCUT2D eigenvalue weighted by atomic mass is 16.1. The molecule has 1 unspecified atom stereocenters. The third kappa shape index (κ3) is 3.31. The average molecular weight is 256 g/mol. The van der Waals surface area contributed by atoms with Gasteiger partial charge in [0.1, 0.15) is 6.29 Å². The number of aldehydes is 1. The summed E-state index contributed by atoms with van der Waals surface area (Å²) in [5, 5.41) is 10.4. The first-order chi connectivity index (χ1) is 9.24. The summed E-state index contributed by atoms with van der Waals surface area (Å²) >= 11 is 0. The van der Waals surface area contributed by atoms with Crippen molar-refractivity contribution in [1.29, 1.82) is 5.41 Å². The third-order valence-electron chi connectivity index (χ3n) is 3.63. The molecule has 2 N–H and O–H groups in total. The van der Waals surface area contributed by atoms with Crippen LogP contribution in [0, 0.1) is 11.3 Å². The highest BCUT2D eigenvalue weighted by Crippen LogP contribution is 2.31. The van der Waals surface area contributed by atoms with Gasteiger partial charge in [0, 0.05) is 17.5 Å². The Labute approximate surface area is 114 Å². The van der Waals surface area contributed by atoms with E-state index in [1.807, 2.05) is 12.1 Å². The van der Waals surface area contributed by atoms with E-state index < -0.39 is 0 Å². The van der Waals surface area contributed by atoms with E-state index in [0.717, 1.165) is 36.3 Å². The van der Waals surface area contributed by atoms with Gasteiger partial charge in [-0.25, -0.2) is 0 Å². The van der Waals surface area contributed by atoms with E-state index in [1.54, 1.807) is 0 Å². The zero-order chi connectivity index (χ0) is 13.7. The van der Waals surface area contributed by atoms with Crippen LogP contribution in [0.4, 0.5) is 5.69 Å². The van der Waals surface area contributed by atoms with Gasteiger partial charge in [-0.3, -0.25) is 0 Å². The van der Waals surface area contributed by atoms with Crippen molar-refractivity contribution in [2.75, 3.05) is 11.9 Å². The van der Waals surface area contributed by atoms with Gasteiger partial charge in [-0.2, -0.15) is 0 Å². The second-order valence-electron chi connectivity index (χ2n) is 5.10. The molecular weight excluding hydrogens is 236 g/mol. The minimum absolute atomic E-state index is 0.278. The molecule has 1 aliphatic carbocycles. The Kier molecular flexibility index (Phi) is 4.50. The second kappa shape index (κ2) is 6.32. The maximum absolute atomic E-state index is 10.5. The molecule has 19 heavy (non-hydrogen) atoms. The fraction of sp³-hybridized carbons (Fsp3) is 0.375. The monoisotopic (exact) mass is 256 g/mol. The molecule has 0 fully saturated rings. The number of allylic oxidation sites excluding steroid dienone is 2. The Morgan fingerprint density at radius 2 is 2.32 bits per heavy atom. The van der Waals surface area contributed by atoms with Crippen molar-refractivity contribution in [3.8, 4) is 0 Å². The quantitative estimate of drug-likeness (QED) is 0.626. The van der Waals surface area contributed by atoms with Gasteiger partial charge in [0.05, 0.1) is 6.54 Å². The van der Waals surface area contributed by atoms with Crippen LogP contribution in [0.3, 0.4) is 0 Å². The first-order valence-electron chi connectivity index (χ1n) is 6.76. The largest absolute Gasteiger partial charge is 0.378 e. The number of carbonyl (C=O) groups is 1. The Balaban J connectivity index is 2.26. The minimum Gasteiger partial charge on any atom is -0.378 e. The molecule has 1 atom stereocenters. The smallest absolute Gasteiger partial charge is 0.139 e. The van der Waals surface area contributed by atoms with Gasteiger partial charge in [-0.05, 0) is 42.4 Å². The van der Waals surface area contributed by atoms with E-state index >= 15 is 0 Å². The van der Waals surface area contributed by atoms with Crippen molar-refractivity contribution in [2.45, 2.75) is 26.2 Å².